The van der Waals surface area contributed by atoms with Gasteiger partial charge in [-0.15, -0.1) is 4.99 Å². The Bertz CT molecular complexity index is 387. The van der Waals surface area contributed by atoms with E-state index in [2.05, 4.69) is 10.3 Å². The summed E-state index contributed by atoms with van der Waals surface area (Å²) in [7, 11) is 0. The lowest BCUT2D eigenvalue weighted by atomic mass is 10.1. The summed E-state index contributed by atoms with van der Waals surface area (Å²) in [6.07, 6.45) is 0.221. The Hall–Kier alpha value is -1.38. The number of piperidine rings is 1. The smallest absolute Gasteiger partial charge is 0.437 e. The van der Waals surface area contributed by atoms with Crippen LogP contribution in [0, 0.1) is 0 Å². The molecule has 0 aliphatic carbocycles. The summed E-state index contributed by atoms with van der Waals surface area (Å²) in [5.41, 5.74) is 5.25. The van der Waals surface area contributed by atoms with Crippen molar-refractivity contribution in [2.75, 3.05) is 26.2 Å². The van der Waals surface area contributed by atoms with Crippen molar-refractivity contribution in [1.82, 2.24) is 10.2 Å². The molecule has 1 aliphatic rings. The van der Waals surface area contributed by atoms with E-state index in [1.54, 1.807) is 20.8 Å². The number of aliphatic hydroxyl groups excluding tert-OH is 2. The van der Waals surface area contributed by atoms with Gasteiger partial charge in [0.25, 0.3) is 0 Å². The van der Waals surface area contributed by atoms with Crippen LogP contribution in [0.3, 0.4) is 0 Å². The molecule has 22 heavy (non-hydrogen) atoms. The maximum Gasteiger partial charge on any atom is 0.437 e. The van der Waals surface area contributed by atoms with Crippen LogP contribution in [0.5, 0.6) is 0 Å². The van der Waals surface area contributed by atoms with Gasteiger partial charge in [-0.05, 0) is 33.6 Å². The minimum Gasteiger partial charge on any atom is -0.442 e. The summed E-state index contributed by atoms with van der Waals surface area (Å²) < 4.78 is 5.10. The molecule has 8 nitrogen and oxygen atoms in total. The largest absolute Gasteiger partial charge is 0.442 e. The number of nitrogens with zero attached hydrogens (tertiary/aromatic N) is 2. The molecule has 1 amide bonds. The maximum atomic E-state index is 11.6. The lowest BCUT2D eigenvalue weighted by Crippen LogP contribution is -2.49. The van der Waals surface area contributed by atoms with Crippen LogP contribution in [-0.4, -0.2) is 71.2 Å². The molecule has 5 N–H and O–H groups in total. The topological polar surface area (TPSA) is 120 Å². The Balaban J connectivity index is 2.38. The van der Waals surface area contributed by atoms with E-state index in [1.165, 1.54) is 0 Å². The van der Waals surface area contributed by atoms with Crippen LogP contribution in [-0.2, 0) is 4.74 Å². The van der Waals surface area contributed by atoms with Gasteiger partial charge in [-0.25, -0.2) is 4.79 Å². The Morgan fingerprint density at radius 1 is 1.45 bits per heavy atom. The van der Waals surface area contributed by atoms with Crippen molar-refractivity contribution < 1.29 is 19.7 Å². The fourth-order valence-electron chi connectivity index (χ4n) is 2.13. The van der Waals surface area contributed by atoms with Gasteiger partial charge >= 0.3 is 6.09 Å². The van der Waals surface area contributed by atoms with Crippen LogP contribution in [0.15, 0.2) is 4.99 Å². The predicted octanol–water partition coefficient (Wildman–Crippen LogP) is -0.357. The molecule has 1 fully saturated rings. The molecule has 1 saturated heterocycles. The van der Waals surface area contributed by atoms with Gasteiger partial charge in [0.1, 0.15) is 5.60 Å². The van der Waals surface area contributed by atoms with E-state index in [0.717, 1.165) is 12.8 Å². The van der Waals surface area contributed by atoms with E-state index >= 15 is 0 Å². The van der Waals surface area contributed by atoms with Gasteiger partial charge in [0.05, 0.1) is 12.7 Å². The zero-order chi connectivity index (χ0) is 16.8. The van der Waals surface area contributed by atoms with Crippen LogP contribution in [0.25, 0.3) is 0 Å². The average molecular weight is 316 g/mol. The summed E-state index contributed by atoms with van der Waals surface area (Å²) in [4.78, 5) is 17.2. The molecule has 0 spiro atoms. The molecule has 1 unspecified atom stereocenters. The highest BCUT2D eigenvalue weighted by Crippen LogP contribution is 2.11. The first-order chi connectivity index (χ1) is 10.2. The van der Waals surface area contributed by atoms with Crippen molar-refractivity contribution in [3.05, 3.63) is 0 Å². The number of guanidine groups is 1. The Morgan fingerprint density at radius 3 is 2.55 bits per heavy atom. The molecule has 128 valence electrons. The Kier molecular flexibility index (Phi) is 7.05. The van der Waals surface area contributed by atoms with Gasteiger partial charge in [-0.1, -0.05) is 0 Å². The molecule has 0 radical (unpaired) electrons. The molecule has 1 heterocycles. The zero-order valence-corrected chi connectivity index (χ0v) is 13.6. The van der Waals surface area contributed by atoms with E-state index in [1.807, 2.05) is 4.90 Å². The summed E-state index contributed by atoms with van der Waals surface area (Å²) in [5, 5.41) is 21.3. The van der Waals surface area contributed by atoms with E-state index in [-0.39, 0.29) is 18.6 Å². The molecule has 0 saturated carbocycles. The lowest BCUT2D eigenvalue weighted by Gasteiger charge is -2.33. The quantitative estimate of drug-likeness (QED) is 0.413. The van der Waals surface area contributed by atoms with E-state index in [9.17, 15) is 9.90 Å². The van der Waals surface area contributed by atoms with E-state index in [4.69, 9.17) is 15.6 Å². The third-order valence-corrected chi connectivity index (χ3v) is 3.27. The standard InChI is InChI=1S/C14H28N4O4/c1-14(2,3)22-13(21)17-12(15)18-6-4-10(5-7-18)16-8-11(20)9-19/h10-11,16,19-20H,4-9H2,1-3H3,(H2,15,17,21). The number of likely N-dealkylation sites (tertiary alicyclic amines) is 1. The van der Waals surface area contributed by atoms with Gasteiger partial charge in [0.15, 0.2) is 0 Å². The first-order valence-corrected chi connectivity index (χ1v) is 7.55. The second kappa shape index (κ2) is 8.30. The van der Waals surface area contributed by atoms with Crippen molar-refractivity contribution in [3.63, 3.8) is 0 Å². The number of carbonyl (C=O) groups excluding carboxylic acids is 1. The summed E-state index contributed by atoms with van der Waals surface area (Å²) in [6.45, 7) is 6.78. The van der Waals surface area contributed by atoms with Gasteiger partial charge < -0.3 is 30.9 Å². The number of aliphatic hydroxyl groups is 2. The minimum atomic E-state index is -0.739. The summed E-state index contributed by atoms with van der Waals surface area (Å²) in [5.74, 6) is 0.170. The minimum absolute atomic E-state index is 0.170. The number of ether oxygens (including phenoxy) is 1. The summed E-state index contributed by atoms with van der Waals surface area (Å²) >= 11 is 0. The SMILES string of the molecule is CC(C)(C)OC(=O)N=C(N)N1CCC(NCC(O)CO)CC1. The van der Waals surface area contributed by atoms with Crippen LogP contribution in [0.2, 0.25) is 0 Å². The van der Waals surface area contributed by atoms with Gasteiger partial charge in [-0.2, -0.15) is 0 Å². The maximum absolute atomic E-state index is 11.6. The molecule has 8 heteroatoms. The highest BCUT2D eigenvalue weighted by molar-refractivity contribution is 5.89. The second-order valence-electron chi connectivity index (χ2n) is 6.46. The Morgan fingerprint density at radius 2 is 2.05 bits per heavy atom. The van der Waals surface area contributed by atoms with Gasteiger partial charge in [0.2, 0.25) is 5.96 Å². The molecule has 0 aromatic rings. The van der Waals surface area contributed by atoms with Crippen molar-refractivity contribution in [1.29, 1.82) is 0 Å². The van der Waals surface area contributed by atoms with Crippen molar-refractivity contribution in [2.45, 2.75) is 51.4 Å². The molecule has 1 atom stereocenters. The Labute approximate surface area is 131 Å². The fraction of sp³-hybridized carbons (Fsp3) is 0.857. The number of hydrogen-bond acceptors (Lipinski definition) is 5. The number of hydrogen-bond donors (Lipinski definition) is 4. The highest BCUT2D eigenvalue weighted by Gasteiger charge is 2.22. The zero-order valence-electron chi connectivity index (χ0n) is 13.6. The molecule has 0 aromatic heterocycles. The number of aliphatic imine (C=N–C) groups is 1. The molecular formula is C14H28N4O4. The molecule has 0 aromatic carbocycles. The van der Waals surface area contributed by atoms with Crippen LogP contribution >= 0.6 is 0 Å². The first kappa shape index (κ1) is 18.7. The molecule has 1 aliphatic heterocycles. The second-order valence-corrected chi connectivity index (χ2v) is 6.46. The number of nitrogens with two attached hydrogens (primary N) is 1. The number of nitrogens with one attached hydrogen (secondary N) is 1. The third-order valence-electron chi connectivity index (χ3n) is 3.27. The monoisotopic (exact) mass is 316 g/mol. The molecular weight excluding hydrogens is 288 g/mol. The predicted molar refractivity (Wildman–Crippen MR) is 83.5 cm³/mol. The van der Waals surface area contributed by atoms with Crippen LogP contribution in [0.4, 0.5) is 4.79 Å². The molecule has 1 rings (SSSR count). The van der Waals surface area contributed by atoms with Crippen LogP contribution in [0.1, 0.15) is 33.6 Å². The van der Waals surface area contributed by atoms with E-state index < -0.39 is 17.8 Å². The first-order valence-electron chi connectivity index (χ1n) is 7.55. The van der Waals surface area contributed by atoms with Crippen LogP contribution < -0.4 is 11.1 Å². The third kappa shape index (κ3) is 7.06. The average Bonchev–Trinajstić information content (AvgIpc) is 2.43. The highest BCUT2D eigenvalue weighted by atomic mass is 16.6. The lowest BCUT2D eigenvalue weighted by molar-refractivity contribution is 0.0601. The van der Waals surface area contributed by atoms with E-state index in [0.29, 0.717) is 19.6 Å². The van der Waals surface area contributed by atoms with Crippen molar-refractivity contribution in [2.24, 2.45) is 10.7 Å². The van der Waals surface area contributed by atoms with Gasteiger partial charge in [-0.3, -0.25) is 0 Å². The summed E-state index contributed by atoms with van der Waals surface area (Å²) in [6, 6.07) is 0.256. The molecule has 0 bridgehead atoms. The number of rotatable bonds is 4. The number of amides is 1. The normalized spacial score (nSPS) is 19.1. The fourth-order valence-corrected chi connectivity index (χ4v) is 2.13. The van der Waals surface area contributed by atoms with Crippen molar-refractivity contribution >= 4 is 12.1 Å². The van der Waals surface area contributed by atoms with Crippen molar-refractivity contribution in [3.8, 4) is 0 Å². The van der Waals surface area contributed by atoms with Gasteiger partial charge in [0, 0.05) is 25.7 Å². The number of carbonyl (C=O) groups is 1.